The van der Waals surface area contributed by atoms with Crippen LogP contribution in [0.1, 0.15) is 41.3 Å². The molecule has 0 saturated carbocycles. The molecule has 1 amide bonds. The van der Waals surface area contributed by atoms with Crippen molar-refractivity contribution < 1.29 is 9.69 Å². The van der Waals surface area contributed by atoms with Crippen LogP contribution in [-0.2, 0) is 12.8 Å². The van der Waals surface area contributed by atoms with Gasteiger partial charge in [0.05, 0.1) is 38.1 Å². The highest BCUT2D eigenvalue weighted by Crippen LogP contribution is 2.38. The van der Waals surface area contributed by atoms with Crippen molar-refractivity contribution in [2.45, 2.75) is 33.1 Å². The monoisotopic (exact) mass is 385 g/mol. The fourth-order valence-electron chi connectivity index (χ4n) is 4.36. The quantitative estimate of drug-likeness (QED) is 0.709. The van der Waals surface area contributed by atoms with E-state index in [2.05, 4.69) is 28.9 Å². The number of quaternary nitrogens is 1. The Balaban J connectivity index is 1.53. The summed E-state index contributed by atoms with van der Waals surface area (Å²) in [6, 6.07) is 0. The van der Waals surface area contributed by atoms with E-state index in [9.17, 15) is 4.79 Å². The summed E-state index contributed by atoms with van der Waals surface area (Å²) in [5, 5.41) is 5.58. The minimum Gasteiger partial charge on any atom is -0.332 e. The van der Waals surface area contributed by atoms with Gasteiger partial charge in [0.1, 0.15) is 11.2 Å². The van der Waals surface area contributed by atoms with Crippen LogP contribution in [0.25, 0.3) is 15.9 Å². The number of hydrogen-bond acceptors (Lipinski definition) is 5. The van der Waals surface area contributed by atoms with Gasteiger partial charge in [0.15, 0.2) is 5.65 Å². The Bertz CT molecular complexity index is 1020. The molecule has 0 spiro atoms. The molecule has 2 aliphatic rings. The smallest absolute Gasteiger partial charge is 0.293 e. The second-order valence-corrected chi connectivity index (χ2v) is 8.96. The average Bonchev–Trinajstić information content (AvgIpc) is 3.28. The van der Waals surface area contributed by atoms with Gasteiger partial charge in [0.2, 0.25) is 5.82 Å². The van der Waals surface area contributed by atoms with E-state index in [0.29, 0.717) is 11.7 Å². The normalized spacial score (nSPS) is 21.1. The lowest BCUT2D eigenvalue weighted by Crippen LogP contribution is -3.14. The Kier molecular flexibility index (Phi) is 4.12. The van der Waals surface area contributed by atoms with Crippen molar-refractivity contribution >= 4 is 33.1 Å². The van der Waals surface area contributed by atoms with Crippen LogP contribution in [0, 0.1) is 5.92 Å². The SMILES string of the molecule is CC[NH+]1CCN(C(=O)c2nc3c4c5c(sc4ncn3n2)CC[C@@H](C)C5)CC1. The number of hydrogen-bond donors (Lipinski definition) is 1. The van der Waals surface area contributed by atoms with Gasteiger partial charge in [-0.15, -0.1) is 16.4 Å². The molecule has 1 N–H and O–H groups in total. The van der Waals surface area contributed by atoms with Crippen molar-refractivity contribution in [2.75, 3.05) is 32.7 Å². The fraction of sp³-hybridized carbons (Fsp3) is 0.579. The van der Waals surface area contributed by atoms with Crippen LogP contribution >= 0.6 is 11.3 Å². The van der Waals surface area contributed by atoms with Crippen molar-refractivity contribution in [3.8, 4) is 0 Å². The van der Waals surface area contributed by atoms with Crippen molar-refractivity contribution in [3.05, 3.63) is 22.6 Å². The number of thiophene rings is 1. The van der Waals surface area contributed by atoms with Gasteiger partial charge in [0, 0.05) is 4.88 Å². The molecule has 1 saturated heterocycles. The Labute approximate surface area is 162 Å². The number of carbonyl (C=O) groups excluding carboxylic acids is 1. The van der Waals surface area contributed by atoms with Crippen molar-refractivity contribution in [1.29, 1.82) is 0 Å². The zero-order valence-electron chi connectivity index (χ0n) is 15.9. The Morgan fingerprint density at radius 2 is 2.19 bits per heavy atom. The van der Waals surface area contributed by atoms with Crippen LogP contribution in [-0.4, -0.2) is 63.1 Å². The van der Waals surface area contributed by atoms with E-state index in [0.717, 1.165) is 61.4 Å². The third-order valence-corrected chi connectivity index (χ3v) is 7.28. The molecule has 1 fully saturated rings. The van der Waals surface area contributed by atoms with Crippen LogP contribution in [0.15, 0.2) is 6.33 Å². The van der Waals surface area contributed by atoms with Crippen LogP contribution in [0.3, 0.4) is 0 Å². The van der Waals surface area contributed by atoms with Crippen molar-refractivity contribution in [1.82, 2.24) is 24.5 Å². The summed E-state index contributed by atoms with van der Waals surface area (Å²) >= 11 is 1.77. The van der Waals surface area contributed by atoms with Crippen molar-refractivity contribution in [3.63, 3.8) is 0 Å². The van der Waals surface area contributed by atoms with Crippen LogP contribution in [0.2, 0.25) is 0 Å². The first kappa shape index (κ1) is 17.1. The van der Waals surface area contributed by atoms with E-state index in [4.69, 9.17) is 0 Å². The first-order valence-corrected chi connectivity index (χ1v) is 10.7. The molecule has 4 heterocycles. The van der Waals surface area contributed by atoms with E-state index in [1.807, 2.05) is 4.90 Å². The number of amides is 1. The van der Waals surface area contributed by atoms with Gasteiger partial charge >= 0.3 is 0 Å². The number of likely N-dealkylation sites (N-methyl/N-ethyl adjacent to an activating group) is 1. The standard InChI is InChI=1S/C19H24N6OS/c1-3-23-6-8-24(9-7-23)19(26)16-21-17-15-13-10-12(2)4-5-14(13)27-18(15)20-11-25(17)22-16/h11-12H,3-10H2,1-2H3/p+1/t12-/m1/s1. The number of aromatic nitrogens is 4. The predicted molar refractivity (Wildman–Crippen MR) is 104 cm³/mol. The molecule has 27 heavy (non-hydrogen) atoms. The number of aryl methyl sites for hydroxylation is 1. The van der Waals surface area contributed by atoms with E-state index in [1.165, 1.54) is 16.9 Å². The zero-order valence-corrected chi connectivity index (χ0v) is 16.7. The van der Waals surface area contributed by atoms with Gasteiger partial charge in [-0.05, 0) is 37.7 Å². The van der Waals surface area contributed by atoms with Gasteiger partial charge < -0.3 is 9.80 Å². The third kappa shape index (κ3) is 2.82. The molecule has 0 radical (unpaired) electrons. The van der Waals surface area contributed by atoms with Crippen LogP contribution in [0.5, 0.6) is 0 Å². The summed E-state index contributed by atoms with van der Waals surface area (Å²) in [6.07, 6.45) is 5.12. The molecule has 0 bridgehead atoms. The molecule has 0 unspecified atom stereocenters. The molecule has 142 valence electrons. The average molecular weight is 386 g/mol. The Hall–Kier alpha value is -2.06. The highest BCUT2D eigenvalue weighted by Gasteiger charge is 2.28. The van der Waals surface area contributed by atoms with Crippen LogP contribution in [0.4, 0.5) is 0 Å². The number of carbonyl (C=O) groups is 1. The highest BCUT2D eigenvalue weighted by atomic mass is 32.1. The summed E-state index contributed by atoms with van der Waals surface area (Å²) in [6.45, 7) is 9.15. The fourth-order valence-corrected chi connectivity index (χ4v) is 5.54. The van der Waals surface area contributed by atoms with E-state index < -0.39 is 0 Å². The molecule has 1 atom stereocenters. The Morgan fingerprint density at radius 1 is 1.37 bits per heavy atom. The number of rotatable bonds is 2. The first-order valence-electron chi connectivity index (χ1n) is 9.92. The molecule has 1 aliphatic carbocycles. The lowest BCUT2D eigenvalue weighted by molar-refractivity contribution is -0.902. The van der Waals surface area contributed by atoms with E-state index >= 15 is 0 Å². The van der Waals surface area contributed by atoms with Crippen LogP contribution < -0.4 is 4.90 Å². The highest BCUT2D eigenvalue weighted by molar-refractivity contribution is 7.19. The van der Waals surface area contributed by atoms with Gasteiger partial charge in [-0.2, -0.15) is 0 Å². The molecular formula is C19H25N6OS+. The van der Waals surface area contributed by atoms with E-state index in [1.54, 1.807) is 27.1 Å². The number of nitrogens with one attached hydrogen (secondary N) is 1. The molecule has 3 aromatic rings. The molecule has 5 rings (SSSR count). The summed E-state index contributed by atoms with van der Waals surface area (Å²) in [5.74, 6) is 0.921. The van der Waals surface area contributed by atoms with Gasteiger partial charge in [-0.1, -0.05) is 6.92 Å². The van der Waals surface area contributed by atoms with E-state index in [-0.39, 0.29) is 5.91 Å². The lowest BCUT2D eigenvalue weighted by Gasteiger charge is -2.30. The summed E-state index contributed by atoms with van der Waals surface area (Å²) < 4.78 is 1.69. The Morgan fingerprint density at radius 3 is 2.96 bits per heavy atom. The minimum atomic E-state index is -0.0560. The maximum Gasteiger partial charge on any atom is 0.293 e. The molecule has 0 aromatic carbocycles. The molecule has 1 aliphatic heterocycles. The number of nitrogens with zero attached hydrogens (tertiary/aromatic N) is 5. The second kappa shape index (κ2) is 6.53. The first-order chi connectivity index (χ1) is 13.1. The summed E-state index contributed by atoms with van der Waals surface area (Å²) in [4.78, 5) is 28.1. The summed E-state index contributed by atoms with van der Waals surface area (Å²) in [7, 11) is 0. The molecule has 8 heteroatoms. The van der Waals surface area contributed by atoms with Crippen molar-refractivity contribution in [2.24, 2.45) is 5.92 Å². The predicted octanol–water partition coefficient (Wildman–Crippen LogP) is 0.824. The zero-order chi connectivity index (χ0) is 18.5. The largest absolute Gasteiger partial charge is 0.332 e. The third-order valence-electron chi connectivity index (χ3n) is 6.08. The van der Waals surface area contributed by atoms with Gasteiger partial charge in [0.25, 0.3) is 5.91 Å². The van der Waals surface area contributed by atoms with Gasteiger partial charge in [-0.3, -0.25) is 4.79 Å². The molecule has 7 nitrogen and oxygen atoms in total. The summed E-state index contributed by atoms with van der Waals surface area (Å²) in [5.41, 5.74) is 2.16. The topological polar surface area (TPSA) is 67.8 Å². The lowest BCUT2D eigenvalue weighted by atomic mass is 9.89. The maximum atomic E-state index is 12.9. The second-order valence-electron chi connectivity index (χ2n) is 7.88. The minimum absolute atomic E-state index is 0.0560. The number of fused-ring (bicyclic) bond motifs is 5. The number of piperazine rings is 1. The molecule has 3 aromatic heterocycles. The van der Waals surface area contributed by atoms with Gasteiger partial charge in [-0.25, -0.2) is 14.5 Å². The molecular weight excluding hydrogens is 360 g/mol. The maximum absolute atomic E-state index is 12.9.